The van der Waals surface area contributed by atoms with E-state index >= 15 is 4.39 Å². The second-order valence-corrected chi connectivity index (χ2v) is 10.4. The molecule has 3 aromatic carbocycles. The monoisotopic (exact) mass is 471 g/mol. The van der Waals surface area contributed by atoms with Gasteiger partial charge in [0, 0.05) is 29.0 Å². The quantitative estimate of drug-likeness (QED) is 0.316. The predicted molar refractivity (Wildman–Crippen MR) is 138 cm³/mol. The predicted octanol–water partition coefficient (Wildman–Crippen LogP) is 7.19. The number of benzene rings is 3. The first-order valence-electron chi connectivity index (χ1n) is 12.0. The van der Waals surface area contributed by atoms with Crippen LogP contribution >= 0.6 is 0 Å². The topological polar surface area (TPSA) is 48.4 Å². The van der Waals surface area contributed by atoms with Crippen molar-refractivity contribution in [1.29, 1.82) is 0 Å². The van der Waals surface area contributed by atoms with Crippen molar-refractivity contribution in [3.63, 3.8) is 0 Å². The van der Waals surface area contributed by atoms with Crippen LogP contribution in [0.3, 0.4) is 0 Å². The number of carbonyl (C=O) groups excluding carboxylic acids is 1. The Morgan fingerprint density at radius 3 is 2.57 bits per heavy atom. The summed E-state index contributed by atoms with van der Waals surface area (Å²) in [5.41, 5.74) is 5.16. The molecule has 5 rings (SSSR count). The number of aromatic nitrogens is 1. The van der Waals surface area contributed by atoms with Crippen LogP contribution in [0.1, 0.15) is 56.1 Å². The molecule has 1 aliphatic heterocycles. The molecule has 0 unspecified atom stereocenters. The fourth-order valence-electron chi connectivity index (χ4n) is 5.13. The number of Topliss-reactive ketones (excluding diaryl/α,β-unsaturated/α-hetero) is 1. The van der Waals surface area contributed by atoms with E-state index in [-0.39, 0.29) is 11.6 Å². The van der Waals surface area contributed by atoms with Gasteiger partial charge in [0.2, 0.25) is 0 Å². The Balaban J connectivity index is 1.94. The highest BCUT2D eigenvalue weighted by molar-refractivity contribution is 6.09. The molecule has 1 atom stereocenters. The molecule has 4 nitrogen and oxygen atoms in total. The number of ether oxygens (including phenoxy) is 2. The van der Waals surface area contributed by atoms with Crippen molar-refractivity contribution in [1.82, 2.24) is 4.98 Å². The maximum absolute atomic E-state index is 15.4. The third-order valence-corrected chi connectivity index (χ3v) is 6.64. The normalized spacial score (nSPS) is 14.3. The van der Waals surface area contributed by atoms with E-state index in [9.17, 15) is 4.79 Å². The molecule has 0 saturated carbocycles. The maximum atomic E-state index is 15.4. The van der Waals surface area contributed by atoms with Gasteiger partial charge in [-0.15, -0.1) is 0 Å². The third-order valence-electron chi connectivity index (χ3n) is 6.64. The first kappa shape index (κ1) is 23.4. The average molecular weight is 472 g/mol. The number of carbonyl (C=O) groups is 1. The standard InChI is InChI=1S/C30H30FNO3/c1-16-7-8-20-22(27(16)31)15-17(2)24(29(18(3)33)35-30(4,5)6)26(20)21-9-10-23-25-19(12-14-34-23)11-13-32-28(21)25/h7-11,13,15,29H,12,14H2,1-6H3/t29-/m1/s1. The average Bonchev–Trinajstić information content (AvgIpc) is 2.80. The van der Waals surface area contributed by atoms with Gasteiger partial charge >= 0.3 is 0 Å². The van der Waals surface area contributed by atoms with Crippen molar-refractivity contribution in [2.45, 2.75) is 59.7 Å². The molecule has 1 aliphatic rings. The van der Waals surface area contributed by atoms with Crippen LogP contribution in [0.4, 0.5) is 4.39 Å². The molecule has 0 N–H and O–H groups in total. The maximum Gasteiger partial charge on any atom is 0.163 e. The summed E-state index contributed by atoms with van der Waals surface area (Å²) in [6.07, 6.45) is 1.81. The minimum absolute atomic E-state index is 0.102. The van der Waals surface area contributed by atoms with E-state index < -0.39 is 11.7 Å². The number of aryl methyl sites for hydroxylation is 2. The van der Waals surface area contributed by atoms with E-state index in [0.29, 0.717) is 17.6 Å². The molecular weight excluding hydrogens is 441 g/mol. The van der Waals surface area contributed by atoms with Crippen LogP contribution in [0.15, 0.2) is 42.6 Å². The van der Waals surface area contributed by atoms with Crippen molar-refractivity contribution >= 4 is 27.5 Å². The van der Waals surface area contributed by atoms with Gasteiger partial charge in [0.25, 0.3) is 0 Å². The molecule has 2 heterocycles. The van der Waals surface area contributed by atoms with Gasteiger partial charge in [-0.2, -0.15) is 0 Å². The molecule has 1 aromatic heterocycles. The molecule has 0 aliphatic carbocycles. The lowest BCUT2D eigenvalue weighted by Crippen LogP contribution is -2.27. The Kier molecular flexibility index (Phi) is 5.64. The number of hydrogen-bond acceptors (Lipinski definition) is 4. The van der Waals surface area contributed by atoms with Gasteiger partial charge in [-0.1, -0.05) is 12.1 Å². The lowest BCUT2D eigenvalue weighted by molar-refractivity contribution is -0.138. The number of rotatable bonds is 4. The fourth-order valence-corrected chi connectivity index (χ4v) is 5.13. The van der Waals surface area contributed by atoms with Crippen LogP contribution < -0.4 is 4.74 Å². The SMILES string of the molecule is CC(=O)[C@@H](OC(C)(C)C)c1c(C)cc2c(F)c(C)ccc2c1-c1ccc2c3c(ccnc13)CCO2. The number of halogens is 1. The van der Waals surface area contributed by atoms with Gasteiger partial charge in [-0.3, -0.25) is 9.78 Å². The number of fused-ring (bicyclic) bond motifs is 1. The van der Waals surface area contributed by atoms with Crippen LogP contribution in [-0.4, -0.2) is 23.0 Å². The number of hydrogen-bond donors (Lipinski definition) is 0. The summed E-state index contributed by atoms with van der Waals surface area (Å²) in [6.45, 7) is 11.7. The first-order valence-corrected chi connectivity index (χ1v) is 12.0. The molecule has 5 heteroatoms. The van der Waals surface area contributed by atoms with Crippen molar-refractivity contribution in [3.05, 3.63) is 70.7 Å². The summed E-state index contributed by atoms with van der Waals surface area (Å²) in [7, 11) is 0. The van der Waals surface area contributed by atoms with Gasteiger partial charge < -0.3 is 9.47 Å². The highest BCUT2D eigenvalue weighted by Crippen LogP contribution is 2.45. The lowest BCUT2D eigenvalue weighted by Gasteiger charge is -2.30. The molecule has 0 amide bonds. The van der Waals surface area contributed by atoms with E-state index in [4.69, 9.17) is 14.5 Å². The van der Waals surface area contributed by atoms with E-state index in [1.807, 2.05) is 64.2 Å². The molecule has 35 heavy (non-hydrogen) atoms. The number of ketones is 1. The summed E-state index contributed by atoms with van der Waals surface area (Å²) in [5.74, 6) is 0.441. The molecule has 0 bridgehead atoms. The van der Waals surface area contributed by atoms with Crippen molar-refractivity contribution < 1.29 is 18.7 Å². The largest absolute Gasteiger partial charge is 0.493 e. The van der Waals surface area contributed by atoms with Gasteiger partial charge in [-0.05, 0) is 99.0 Å². The van der Waals surface area contributed by atoms with Crippen molar-refractivity contribution in [2.75, 3.05) is 6.61 Å². The summed E-state index contributed by atoms with van der Waals surface area (Å²) < 4.78 is 27.7. The van der Waals surface area contributed by atoms with Gasteiger partial charge in [0.15, 0.2) is 5.78 Å². The molecule has 0 saturated heterocycles. The minimum Gasteiger partial charge on any atom is -0.493 e. The molecular formula is C30H30FNO3. The summed E-state index contributed by atoms with van der Waals surface area (Å²) >= 11 is 0. The van der Waals surface area contributed by atoms with Crippen LogP contribution in [0.25, 0.3) is 32.8 Å². The van der Waals surface area contributed by atoms with Crippen LogP contribution in [0, 0.1) is 19.7 Å². The third kappa shape index (κ3) is 3.98. The highest BCUT2D eigenvalue weighted by atomic mass is 19.1. The Morgan fingerprint density at radius 2 is 1.86 bits per heavy atom. The number of pyridine rings is 1. The van der Waals surface area contributed by atoms with Gasteiger partial charge in [0.1, 0.15) is 17.7 Å². The summed E-state index contributed by atoms with van der Waals surface area (Å²) in [5, 5.41) is 2.23. The van der Waals surface area contributed by atoms with Crippen LogP contribution in [0.5, 0.6) is 5.75 Å². The van der Waals surface area contributed by atoms with Gasteiger partial charge in [-0.25, -0.2) is 4.39 Å². The number of nitrogens with zero attached hydrogens (tertiary/aromatic N) is 1. The molecule has 0 radical (unpaired) electrons. The molecule has 0 spiro atoms. The fraction of sp³-hybridized carbons (Fsp3) is 0.333. The van der Waals surface area contributed by atoms with Crippen LogP contribution in [-0.2, 0) is 16.0 Å². The zero-order chi connectivity index (χ0) is 25.1. The molecule has 4 aromatic rings. The van der Waals surface area contributed by atoms with E-state index in [2.05, 4.69) is 0 Å². The van der Waals surface area contributed by atoms with Gasteiger partial charge in [0.05, 0.1) is 17.7 Å². The Bertz CT molecular complexity index is 1490. The second-order valence-electron chi connectivity index (χ2n) is 10.4. The Labute approximate surface area is 205 Å². The minimum atomic E-state index is -0.805. The second kappa shape index (κ2) is 8.42. The van der Waals surface area contributed by atoms with Crippen molar-refractivity contribution in [2.24, 2.45) is 0 Å². The van der Waals surface area contributed by atoms with Crippen molar-refractivity contribution in [3.8, 4) is 16.9 Å². The zero-order valence-electron chi connectivity index (χ0n) is 21.1. The Hall–Kier alpha value is -3.31. The zero-order valence-corrected chi connectivity index (χ0v) is 21.1. The smallest absolute Gasteiger partial charge is 0.163 e. The van der Waals surface area contributed by atoms with E-state index in [1.165, 1.54) is 5.56 Å². The Morgan fingerprint density at radius 1 is 1.09 bits per heavy atom. The van der Waals surface area contributed by atoms with E-state index in [0.717, 1.165) is 50.7 Å². The highest BCUT2D eigenvalue weighted by Gasteiger charge is 2.31. The van der Waals surface area contributed by atoms with Crippen LogP contribution in [0.2, 0.25) is 0 Å². The first-order chi connectivity index (χ1) is 16.6. The molecule has 0 fully saturated rings. The lowest BCUT2D eigenvalue weighted by atomic mass is 9.84. The molecule has 180 valence electrons. The summed E-state index contributed by atoms with van der Waals surface area (Å²) in [4.78, 5) is 17.8. The van der Waals surface area contributed by atoms with E-state index in [1.54, 1.807) is 19.9 Å². The summed E-state index contributed by atoms with van der Waals surface area (Å²) in [6, 6.07) is 11.5.